The first-order valence-electron chi connectivity index (χ1n) is 7.90. The highest BCUT2D eigenvalue weighted by Crippen LogP contribution is 2.21. The van der Waals surface area contributed by atoms with Crippen molar-refractivity contribution in [2.24, 2.45) is 0 Å². The fraction of sp³-hybridized carbons (Fsp3) is 0.647. The fourth-order valence-electron chi connectivity index (χ4n) is 2.92. The Kier molecular flexibility index (Phi) is 5.71. The monoisotopic (exact) mass is 260 g/mol. The van der Waals surface area contributed by atoms with E-state index < -0.39 is 0 Å². The zero-order chi connectivity index (χ0) is 13.5. The number of likely N-dealkylation sites (N-methyl/N-ethyl adjacent to an activating group) is 1. The third kappa shape index (κ3) is 4.24. The molecule has 1 unspecified atom stereocenters. The second-order valence-corrected chi connectivity index (χ2v) is 5.61. The second kappa shape index (κ2) is 7.54. The molecule has 106 valence electrons. The van der Waals surface area contributed by atoms with E-state index in [2.05, 4.69) is 48.3 Å². The lowest BCUT2D eigenvalue weighted by atomic mass is 10.0. The number of piperidine rings is 1. The van der Waals surface area contributed by atoms with E-state index >= 15 is 0 Å². The SMILES string of the molecule is CCCCc1ccc(N2CCCC(NCC)C2)cc1. The molecule has 0 radical (unpaired) electrons. The molecule has 1 aromatic carbocycles. The smallest absolute Gasteiger partial charge is 0.0366 e. The molecule has 0 bridgehead atoms. The van der Waals surface area contributed by atoms with Gasteiger partial charge in [-0.25, -0.2) is 0 Å². The standard InChI is InChI=1S/C17H28N2/c1-3-5-7-15-9-11-17(12-10-15)19-13-6-8-16(14-19)18-4-2/h9-12,16,18H,3-8,13-14H2,1-2H3. The number of anilines is 1. The van der Waals surface area contributed by atoms with E-state index in [4.69, 9.17) is 0 Å². The molecular weight excluding hydrogens is 232 g/mol. The number of hydrogen-bond donors (Lipinski definition) is 1. The van der Waals surface area contributed by atoms with Crippen LogP contribution in [0.1, 0.15) is 45.1 Å². The van der Waals surface area contributed by atoms with Crippen LogP contribution in [-0.4, -0.2) is 25.7 Å². The minimum Gasteiger partial charge on any atom is -0.370 e. The molecule has 0 aliphatic carbocycles. The molecule has 1 saturated heterocycles. The van der Waals surface area contributed by atoms with Gasteiger partial charge in [-0.2, -0.15) is 0 Å². The number of rotatable bonds is 6. The average molecular weight is 260 g/mol. The normalized spacial score (nSPS) is 19.7. The topological polar surface area (TPSA) is 15.3 Å². The lowest BCUT2D eigenvalue weighted by molar-refractivity contribution is 0.431. The van der Waals surface area contributed by atoms with Gasteiger partial charge in [-0.05, 0) is 49.9 Å². The van der Waals surface area contributed by atoms with E-state index in [9.17, 15) is 0 Å². The van der Waals surface area contributed by atoms with Crippen molar-refractivity contribution in [3.8, 4) is 0 Å². The van der Waals surface area contributed by atoms with Crippen molar-refractivity contribution in [3.05, 3.63) is 29.8 Å². The molecule has 0 aromatic heterocycles. The van der Waals surface area contributed by atoms with Crippen molar-refractivity contribution in [2.45, 2.75) is 52.0 Å². The largest absolute Gasteiger partial charge is 0.370 e. The summed E-state index contributed by atoms with van der Waals surface area (Å²) in [4.78, 5) is 2.53. The van der Waals surface area contributed by atoms with E-state index in [1.54, 1.807) is 0 Å². The predicted octanol–water partition coefficient (Wildman–Crippen LogP) is 3.61. The van der Waals surface area contributed by atoms with Crippen LogP contribution in [0.25, 0.3) is 0 Å². The zero-order valence-corrected chi connectivity index (χ0v) is 12.5. The van der Waals surface area contributed by atoms with Gasteiger partial charge in [0.2, 0.25) is 0 Å². The number of unbranched alkanes of at least 4 members (excludes halogenated alkanes) is 1. The van der Waals surface area contributed by atoms with Gasteiger partial charge >= 0.3 is 0 Å². The Hall–Kier alpha value is -1.02. The Morgan fingerprint density at radius 2 is 2.00 bits per heavy atom. The molecule has 19 heavy (non-hydrogen) atoms. The molecule has 2 nitrogen and oxygen atoms in total. The number of nitrogens with one attached hydrogen (secondary N) is 1. The first-order chi connectivity index (χ1) is 9.33. The maximum absolute atomic E-state index is 3.58. The fourth-order valence-corrected chi connectivity index (χ4v) is 2.92. The Labute approximate surface area is 118 Å². The Morgan fingerprint density at radius 3 is 2.68 bits per heavy atom. The number of benzene rings is 1. The van der Waals surface area contributed by atoms with Gasteiger partial charge in [0.1, 0.15) is 0 Å². The summed E-state index contributed by atoms with van der Waals surface area (Å²) < 4.78 is 0. The molecule has 1 aromatic rings. The van der Waals surface area contributed by atoms with Crippen LogP contribution >= 0.6 is 0 Å². The van der Waals surface area contributed by atoms with Crippen LogP contribution in [0, 0.1) is 0 Å². The van der Waals surface area contributed by atoms with Crippen LogP contribution in [0.2, 0.25) is 0 Å². The molecular formula is C17H28N2. The maximum atomic E-state index is 3.58. The van der Waals surface area contributed by atoms with Crippen LogP contribution < -0.4 is 10.2 Å². The van der Waals surface area contributed by atoms with Crippen LogP contribution in [0.5, 0.6) is 0 Å². The molecule has 1 heterocycles. The summed E-state index contributed by atoms with van der Waals surface area (Å²) in [6.45, 7) is 7.89. The van der Waals surface area contributed by atoms with Gasteiger partial charge in [0.05, 0.1) is 0 Å². The van der Waals surface area contributed by atoms with Crippen molar-refractivity contribution in [1.82, 2.24) is 5.32 Å². The summed E-state index contributed by atoms with van der Waals surface area (Å²) in [7, 11) is 0. The van der Waals surface area contributed by atoms with Crippen LogP contribution in [0.3, 0.4) is 0 Å². The van der Waals surface area contributed by atoms with Crippen molar-refractivity contribution < 1.29 is 0 Å². The Morgan fingerprint density at radius 1 is 1.21 bits per heavy atom. The van der Waals surface area contributed by atoms with Crippen molar-refractivity contribution >= 4 is 5.69 Å². The highest BCUT2D eigenvalue weighted by Gasteiger charge is 2.18. The molecule has 0 saturated carbocycles. The quantitative estimate of drug-likeness (QED) is 0.840. The maximum Gasteiger partial charge on any atom is 0.0366 e. The molecule has 2 heteroatoms. The molecule has 1 N–H and O–H groups in total. The summed E-state index contributed by atoms with van der Waals surface area (Å²) in [6.07, 6.45) is 6.41. The summed E-state index contributed by atoms with van der Waals surface area (Å²) in [6, 6.07) is 9.89. The van der Waals surface area contributed by atoms with Gasteiger partial charge in [-0.3, -0.25) is 0 Å². The van der Waals surface area contributed by atoms with Gasteiger partial charge < -0.3 is 10.2 Å². The van der Waals surface area contributed by atoms with E-state index in [1.165, 1.54) is 49.9 Å². The van der Waals surface area contributed by atoms with Gasteiger partial charge in [0, 0.05) is 24.8 Å². The lowest BCUT2D eigenvalue weighted by Crippen LogP contribution is -2.45. The first-order valence-corrected chi connectivity index (χ1v) is 7.90. The number of aryl methyl sites for hydroxylation is 1. The van der Waals surface area contributed by atoms with E-state index in [0.717, 1.165) is 13.1 Å². The molecule has 0 amide bonds. The van der Waals surface area contributed by atoms with Gasteiger partial charge in [0.15, 0.2) is 0 Å². The minimum absolute atomic E-state index is 0.665. The van der Waals surface area contributed by atoms with Crippen LogP contribution in [0.15, 0.2) is 24.3 Å². The zero-order valence-electron chi connectivity index (χ0n) is 12.5. The highest BCUT2D eigenvalue weighted by atomic mass is 15.2. The van der Waals surface area contributed by atoms with Gasteiger partial charge in [0.25, 0.3) is 0 Å². The number of hydrogen-bond acceptors (Lipinski definition) is 2. The summed E-state index contributed by atoms with van der Waals surface area (Å²) in [5.74, 6) is 0. The highest BCUT2D eigenvalue weighted by molar-refractivity contribution is 5.48. The molecule has 1 aliphatic heterocycles. The summed E-state index contributed by atoms with van der Waals surface area (Å²) in [5, 5.41) is 3.58. The molecule has 0 spiro atoms. The van der Waals surface area contributed by atoms with Gasteiger partial charge in [-0.1, -0.05) is 32.4 Å². The average Bonchev–Trinajstić information content (AvgIpc) is 2.46. The Bertz CT molecular complexity index is 356. The Balaban J connectivity index is 1.93. The van der Waals surface area contributed by atoms with Crippen LogP contribution in [0.4, 0.5) is 5.69 Å². The van der Waals surface area contributed by atoms with Gasteiger partial charge in [-0.15, -0.1) is 0 Å². The lowest BCUT2D eigenvalue weighted by Gasteiger charge is -2.34. The van der Waals surface area contributed by atoms with E-state index in [0.29, 0.717) is 6.04 Å². The summed E-state index contributed by atoms with van der Waals surface area (Å²) in [5.41, 5.74) is 2.87. The minimum atomic E-state index is 0.665. The predicted molar refractivity (Wildman–Crippen MR) is 84.0 cm³/mol. The van der Waals surface area contributed by atoms with E-state index in [1.807, 2.05) is 0 Å². The van der Waals surface area contributed by atoms with E-state index in [-0.39, 0.29) is 0 Å². The molecule has 2 rings (SSSR count). The molecule has 1 atom stereocenters. The number of nitrogens with zero attached hydrogens (tertiary/aromatic N) is 1. The van der Waals surface area contributed by atoms with Crippen molar-refractivity contribution in [1.29, 1.82) is 0 Å². The van der Waals surface area contributed by atoms with Crippen LogP contribution in [-0.2, 0) is 6.42 Å². The van der Waals surface area contributed by atoms with Crippen molar-refractivity contribution in [3.63, 3.8) is 0 Å². The molecule has 1 aliphatic rings. The third-order valence-corrected chi connectivity index (χ3v) is 4.03. The molecule has 1 fully saturated rings. The van der Waals surface area contributed by atoms with Crippen molar-refractivity contribution in [2.75, 3.05) is 24.5 Å². The first kappa shape index (κ1) is 14.4. The second-order valence-electron chi connectivity index (χ2n) is 5.61. The summed E-state index contributed by atoms with van der Waals surface area (Å²) >= 11 is 0. The third-order valence-electron chi connectivity index (χ3n) is 4.03.